The zero-order valence-corrected chi connectivity index (χ0v) is 14.7. The zero-order valence-electron chi connectivity index (χ0n) is 14.7. The molecule has 0 atom stereocenters. The Kier molecular flexibility index (Phi) is 4.19. The van der Waals surface area contributed by atoms with E-state index in [1.165, 1.54) is 4.68 Å². The van der Waals surface area contributed by atoms with Gasteiger partial charge in [-0.25, -0.2) is 4.68 Å². The number of aromatic nitrogens is 3. The molecule has 3 aromatic rings. The molecule has 0 amide bonds. The van der Waals surface area contributed by atoms with Crippen molar-refractivity contribution < 1.29 is 9.47 Å². The average molecular weight is 330 g/mol. The quantitative estimate of drug-likeness (QED) is 0.709. The smallest absolute Gasteiger partial charge is 0.291 e. The molecular formula is C17H22N4O3. The highest BCUT2D eigenvalue weighted by atomic mass is 16.5. The second-order valence-corrected chi connectivity index (χ2v) is 6.02. The van der Waals surface area contributed by atoms with Gasteiger partial charge in [-0.3, -0.25) is 4.79 Å². The largest absolute Gasteiger partial charge is 0.493 e. The lowest BCUT2D eigenvalue weighted by Gasteiger charge is -2.10. The highest BCUT2D eigenvalue weighted by Gasteiger charge is 2.17. The third kappa shape index (κ3) is 2.50. The predicted molar refractivity (Wildman–Crippen MR) is 94.1 cm³/mol. The number of benzene rings is 1. The number of methoxy groups -OCH3 is 2. The van der Waals surface area contributed by atoms with Gasteiger partial charge in [-0.2, -0.15) is 5.10 Å². The molecule has 0 saturated heterocycles. The molecule has 24 heavy (non-hydrogen) atoms. The first-order valence-electron chi connectivity index (χ1n) is 7.73. The second kappa shape index (κ2) is 6.16. The predicted octanol–water partition coefficient (Wildman–Crippen LogP) is 1.47. The van der Waals surface area contributed by atoms with E-state index in [1.54, 1.807) is 20.4 Å². The fourth-order valence-electron chi connectivity index (χ4n) is 2.94. The van der Waals surface area contributed by atoms with Crippen LogP contribution in [0.25, 0.3) is 21.8 Å². The minimum atomic E-state index is -0.0917. The fourth-order valence-corrected chi connectivity index (χ4v) is 2.94. The molecule has 0 aliphatic rings. The van der Waals surface area contributed by atoms with Gasteiger partial charge in [-0.15, -0.1) is 0 Å². The van der Waals surface area contributed by atoms with Crippen molar-refractivity contribution in [3.05, 3.63) is 28.7 Å². The molecule has 7 nitrogen and oxygen atoms in total. The summed E-state index contributed by atoms with van der Waals surface area (Å²) in [6.07, 6.45) is 1.75. The van der Waals surface area contributed by atoms with Crippen LogP contribution in [0.5, 0.6) is 11.5 Å². The van der Waals surface area contributed by atoms with Crippen LogP contribution in [0, 0.1) is 0 Å². The number of likely N-dealkylation sites (N-methyl/N-ethyl adjacent to an activating group) is 1. The van der Waals surface area contributed by atoms with Crippen molar-refractivity contribution in [1.29, 1.82) is 0 Å². The van der Waals surface area contributed by atoms with E-state index >= 15 is 0 Å². The first-order chi connectivity index (χ1) is 11.5. The Labute approximate surface area is 140 Å². The Bertz CT molecular complexity index is 956. The van der Waals surface area contributed by atoms with E-state index in [1.807, 2.05) is 42.7 Å². The summed E-state index contributed by atoms with van der Waals surface area (Å²) in [7, 11) is 9.02. The van der Waals surface area contributed by atoms with Crippen LogP contribution < -0.4 is 15.0 Å². The third-order valence-electron chi connectivity index (χ3n) is 4.27. The average Bonchev–Trinajstić information content (AvgIpc) is 2.85. The van der Waals surface area contributed by atoms with Crippen LogP contribution >= 0.6 is 0 Å². The van der Waals surface area contributed by atoms with Gasteiger partial charge in [0, 0.05) is 30.4 Å². The Morgan fingerprint density at radius 3 is 2.42 bits per heavy atom. The maximum Gasteiger partial charge on any atom is 0.291 e. The van der Waals surface area contributed by atoms with Gasteiger partial charge in [-0.05, 0) is 20.2 Å². The van der Waals surface area contributed by atoms with E-state index < -0.39 is 0 Å². The van der Waals surface area contributed by atoms with Crippen LogP contribution in [0.1, 0.15) is 0 Å². The molecule has 0 radical (unpaired) electrons. The molecule has 3 rings (SSSR count). The molecule has 0 fully saturated rings. The summed E-state index contributed by atoms with van der Waals surface area (Å²) in [5.74, 6) is 1.27. The van der Waals surface area contributed by atoms with Crippen LogP contribution in [0.15, 0.2) is 23.1 Å². The molecule has 0 bridgehead atoms. The zero-order chi connectivity index (χ0) is 17.4. The van der Waals surface area contributed by atoms with E-state index in [0.29, 0.717) is 23.6 Å². The molecule has 0 spiro atoms. The number of nitrogens with zero attached hydrogens (tertiary/aromatic N) is 4. The minimum absolute atomic E-state index is 0.0917. The summed E-state index contributed by atoms with van der Waals surface area (Å²) in [6.45, 7) is 1.31. The lowest BCUT2D eigenvalue weighted by atomic mass is 10.2. The van der Waals surface area contributed by atoms with Gasteiger partial charge in [-0.1, -0.05) is 0 Å². The summed E-state index contributed by atoms with van der Waals surface area (Å²) < 4.78 is 14.2. The molecule has 0 aliphatic carbocycles. The van der Waals surface area contributed by atoms with Gasteiger partial charge in [0.15, 0.2) is 11.5 Å². The molecule has 2 heterocycles. The normalized spacial score (nSPS) is 11.6. The van der Waals surface area contributed by atoms with Gasteiger partial charge in [0.25, 0.3) is 5.56 Å². The third-order valence-corrected chi connectivity index (χ3v) is 4.27. The maximum atomic E-state index is 12.8. The maximum absolute atomic E-state index is 12.8. The van der Waals surface area contributed by atoms with Crippen LogP contribution in [0.3, 0.4) is 0 Å². The van der Waals surface area contributed by atoms with Gasteiger partial charge in [0.05, 0.1) is 32.5 Å². The van der Waals surface area contributed by atoms with E-state index in [2.05, 4.69) is 5.10 Å². The van der Waals surface area contributed by atoms with Crippen LogP contribution in [0.4, 0.5) is 0 Å². The number of hydrogen-bond donors (Lipinski definition) is 0. The van der Waals surface area contributed by atoms with Crippen molar-refractivity contribution in [2.24, 2.45) is 7.05 Å². The van der Waals surface area contributed by atoms with Gasteiger partial charge in [0.2, 0.25) is 0 Å². The van der Waals surface area contributed by atoms with Gasteiger partial charge < -0.3 is 18.9 Å². The second-order valence-electron chi connectivity index (χ2n) is 6.02. The Morgan fingerprint density at radius 1 is 1.12 bits per heavy atom. The molecule has 2 aromatic heterocycles. The van der Waals surface area contributed by atoms with E-state index in [9.17, 15) is 4.79 Å². The first-order valence-corrected chi connectivity index (χ1v) is 7.73. The van der Waals surface area contributed by atoms with E-state index in [-0.39, 0.29) is 5.56 Å². The molecule has 0 unspecified atom stereocenters. The number of rotatable bonds is 5. The van der Waals surface area contributed by atoms with Crippen molar-refractivity contribution in [3.63, 3.8) is 0 Å². The van der Waals surface area contributed by atoms with Crippen molar-refractivity contribution in [1.82, 2.24) is 19.2 Å². The topological polar surface area (TPSA) is 61.5 Å². The summed E-state index contributed by atoms with van der Waals surface area (Å²) in [5.41, 5.74) is 1.45. The Balaban J connectivity index is 2.27. The van der Waals surface area contributed by atoms with Crippen LogP contribution in [-0.4, -0.2) is 54.1 Å². The summed E-state index contributed by atoms with van der Waals surface area (Å²) in [6, 6.07) is 3.78. The monoisotopic (exact) mass is 330 g/mol. The SMILES string of the molecule is COc1cc2c3cnn(CCN(C)C)c(=O)c3n(C)c2cc1OC. The standard InChI is InChI=1S/C17H22N4O3/c1-19(2)6-7-21-17(22)16-12(10-18-21)11-8-14(23-4)15(24-5)9-13(11)20(16)3/h8-10H,6-7H2,1-5H3. The number of aryl methyl sites for hydroxylation is 1. The van der Waals surface area contributed by atoms with E-state index in [4.69, 9.17) is 9.47 Å². The minimum Gasteiger partial charge on any atom is -0.493 e. The first kappa shape index (κ1) is 16.3. The van der Waals surface area contributed by atoms with Crippen LogP contribution in [0.2, 0.25) is 0 Å². The number of fused-ring (bicyclic) bond motifs is 3. The van der Waals surface area contributed by atoms with Crippen LogP contribution in [-0.2, 0) is 13.6 Å². The van der Waals surface area contributed by atoms with Crippen molar-refractivity contribution in [2.45, 2.75) is 6.54 Å². The molecule has 7 heteroatoms. The number of ether oxygens (including phenoxy) is 2. The lowest BCUT2D eigenvalue weighted by Crippen LogP contribution is -2.29. The molecule has 0 saturated carbocycles. The molecule has 1 aromatic carbocycles. The molecule has 128 valence electrons. The Morgan fingerprint density at radius 2 is 1.79 bits per heavy atom. The van der Waals surface area contributed by atoms with Crippen molar-refractivity contribution in [3.8, 4) is 11.5 Å². The summed E-state index contributed by atoms with van der Waals surface area (Å²) >= 11 is 0. The van der Waals surface area contributed by atoms with Crippen molar-refractivity contribution >= 4 is 21.8 Å². The highest BCUT2D eigenvalue weighted by molar-refractivity contribution is 6.08. The lowest BCUT2D eigenvalue weighted by molar-refractivity contribution is 0.356. The fraction of sp³-hybridized carbons (Fsp3) is 0.412. The van der Waals surface area contributed by atoms with Gasteiger partial charge in [0.1, 0.15) is 5.52 Å². The van der Waals surface area contributed by atoms with Gasteiger partial charge >= 0.3 is 0 Å². The molecule has 0 aliphatic heterocycles. The summed E-state index contributed by atoms with van der Waals surface area (Å²) in [4.78, 5) is 14.9. The summed E-state index contributed by atoms with van der Waals surface area (Å²) in [5, 5.41) is 6.08. The van der Waals surface area contributed by atoms with E-state index in [0.717, 1.165) is 22.8 Å². The molecule has 0 N–H and O–H groups in total. The highest BCUT2D eigenvalue weighted by Crippen LogP contribution is 2.36. The van der Waals surface area contributed by atoms with Crippen molar-refractivity contribution in [2.75, 3.05) is 34.9 Å². The number of hydrogen-bond acceptors (Lipinski definition) is 5. The molecular weight excluding hydrogens is 308 g/mol. The Hall–Kier alpha value is -2.54.